The summed E-state index contributed by atoms with van der Waals surface area (Å²) < 4.78 is 13.7. The van der Waals surface area contributed by atoms with E-state index in [1.54, 1.807) is 0 Å². The molecule has 100 valence electrons. The van der Waals surface area contributed by atoms with Gasteiger partial charge in [0, 0.05) is 26.2 Å². The van der Waals surface area contributed by atoms with Crippen molar-refractivity contribution in [2.75, 3.05) is 50.0 Å². The summed E-state index contributed by atoms with van der Waals surface area (Å²) in [5.41, 5.74) is 5.49. The molecule has 1 aliphatic rings. The number of hydrogen-bond acceptors (Lipinski definition) is 6. The lowest BCUT2D eigenvalue weighted by atomic mass is 10.3. The van der Waals surface area contributed by atoms with Gasteiger partial charge in [-0.05, 0) is 13.0 Å². The summed E-state index contributed by atoms with van der Waals surface area (Å²) in [6, 6.07) is 0. The number of rotatable bonds is 3. The number of nitrogen functional groups attached to an aromatic ring is 1. The van der Waals surface area contributed by atoms with Crippen LogP contribution in [-0.4, -0.2) is 59.3 Å². The fraction of sp³-hybridized carbons (Fsp3) is 0.636. The number of nitrogens with zero attached hydrogens (tertiary/aromatic N) is 4. The van der Waals surface area contributed by atoms with Crippen LogP contribution in [0.2, 0.25) is 0 Å². The number of β-amino-alcohol motifs (C(OH)–C–C–N with tert-alkyl or cyclic N) is 1. The lowest BCUT2D eigenvalue weighted by molar-refractivity contribution is 0.204. The van der Waals surface area contributed by atoms with Crippen molar-refractivity contribution in [3.63, 3.8) is 0 Å². The molecule has 1 aromatic heterocycles. The summed E-state index contributed by atoms with van der Waals surface area (Å²) in [5.74, 6) is -0.0870. The molecule has 2 heterocycles. The van der Waals surface area contributed by atoms with Crippen LogP contribution in [0.5, 0.6) is 0 Å². The zero-order valence-electron chi connectivity index (χ0n) is 10.2. The number of halogens is 1. The molecule has 6 nitrogen and oxygen atoms in total. The van der Waals surface area contributed by atoms with Crippen LogP contribution >= 0.6 is 0 Å². The molecule has 0 amide bonds. The minimum absolute atomic E-state index is 0.0860. The van der Waals surface area contributed by atoms with Crippen LogP contribution in [0, 0.1) is 5.82 Å². The van der Waals surface area contributed by atoms with Gasteiger partial charge in [-0.15, -0.1) is 0 Å². The third-order valence-electron chi connectivity index (χ3n) is 3.05. The van der Waals surface area contributed by atoms with Gasteiger partial charge in [0.1, 0.15) is 0 Å². The summed E-state index contributed by atoms with van der Waals surface area (Å²) in [5, 5.41) is 8.92. The Morgan fingerprint density at radius 3 is 2.94 bits per heavy atom. The topological polar surface area (TPSA) is 78.5 Å². The average molecular weight is 255 g/mol. The molecule has 0 aromatic carbocycles. The molecule has 3 N–H and O–H groups in total. The van der Waals surface area contributed by atoms with Gasteiger partial charge in [-0.2, -0.15) is 4.98 Å². The highest BCUT2D eigenvalue weighted by Crippen LogP contribution is 2.18. The maximum atomic E-state index is 13.7. The van der Waals surface area contributed by atoms with Crippen molar-refractivity contribution >= 4 is 11.8 Å². The Labute approximate surface area is 105 Å². The van der Waals surface area contributed by atoms with Crippen LogP contribution in [0.15, 0.2) is 6.20 Å². The van der Waals surface area contributed by atoms with Crippen LogP contribution in [0.3, 0.4) is 0 Å². The molecule has 1 saturated heterocycles. The highest BCUT2D eigenvalue weighted by molar-refractivity contribution is 5.42. The first-order valence-corrected chi connectivity index (χ1v) is 6.07. The Morgan fingerprint density at radius 2 is 2.17 bits per heavy atom. The first kappa shape index (κ1) is 13.0. The van der Waals surface area contributed by atoms with E-state index in [2.05, 4.69) is 14.9 Å². The monoisotopic (exact) mass is 255 g/mol. The third-order valence-corrected chi connectivity index (χ3v) is 3.05. The van der Waals surface area contributed by atoms with Gasteiger partial charge >= 0.3 is 0 Å². The molecule has 0 unspecified atom stereocenters. The molecule has 1 aliphatic heterocycles. The molecular formula is C11H18FN5O. The largest absolute Gasteiger partial charge is 0.395 e. The van der Waals surface area contributed by atoms with Gasteiger partial charge in [-0.25, -0.2) is 9.37 Å². The zero-order valence-corrected chi connectivity index (χ0v) is 10.2. The van der Waals surface area contributed by atoms with E-state index in [4.69, 9.17) is 10.8 Å². The van der Waals surface area contributed by atoms with Crippen molar-refractivity contribution in [1.29, 1.82) is 0 Å². The highest BCUT2D eigenvalue weighted by atomic mass is 19.1. The first-order valence-electron chi connectivity index (χ1n) is 6.07. The van der Waals surface area contributed by atoms with Gasteiger partial charge in [0.2, 0.25) is 5.95 Å². The molecule has 0 radical (unpaired) electrons. The van der Waals surface area contributed by atoms with Gasteiger partial charge in [0.15, 0.2) is 11.6 Å². The Balaban J connectivity index is 2.07. The second-order valence-corrected chi connectivity index (χ2v) is 4.31. The van der Waals surface area contributed by atoms with Gasteiger partial charge in [-0.1, -0.05) is 0 Å². The third kappa shape index (κ3) is 3.05. The molecule has 1 aromatic rings. The Hall–Kier alpha value is -1.47. The molecule has 0 aliphatic carbocycles. The van der Waals surface area contributed by atoms with Gasteiger partial charge < -0.3 is 15.7 Å². The van der Waals surface area contributed by atoms with E-state index < -0.39 is 5.82 Å². The van der Waals surface area contributed by atoms with Gasteiger partial charge in [-0.3, -0.25) is 4.90 Å². The van der Waals surface area contributed by atoms with Crippen LogP contribution in [0.25, 0.3) is 0 Å². The molecule has 0 bridgehead atoms. The molecule has 0 atom stereocenters. The number of aromatic nitrogens is 2. The first-order chi connectivity index (χ1) is 8.70. The van der Waals surface area contributed by atoms with Crippen LogP contribution in [-0.2, 0) is 0 Å². The van der Waals surface area contributed by atoms with Crippen LogP contribution in [0.1, 0.15) is 6.42 Å². The van der Waals surface area contributed by atoms with Crippen molar-refractivity contribution in [3.05, 3.63) is 12.0 Å². The number of aliphatic hydroxyl groups is 1. The van der Waals surface area contributed by atoms with E-state index >= 15 is 0 Å². The zero-order chi connectivity index (χ0) is 13.0. The highest BCUT2D eigenvalue weighted by Gasteiger charge is 2.18. The molecular weight excluding hydrogens is 237 g/mol. The van der Waals surface area contributed by atoms with E-state index in [9.17, 15) is 4.39 Å². The second-order valence-electron chi connectivity index (χ2n) is 4.31. The Morgan fingerprint density at radius 1 is 1.33 bits per heavy atom. The van der Waals surface area contributed by atoms with Crippen molar-refractivity contribution in [2.45, 2.75) is 6.42 Å². The summed E-state index contributed by atoms with van der Waals surface area (Å²) in [4.78, 5) is 11.6. The molecule has 0 saturated carbocycles. The number of aliphatic hydroxyl groups excluding tert-OH is 1. The molecule has 2 rings (SSSR count). The van der Waals surface area contributed by atoms with E-state index in [0.29, 0.717) is 13.1 Å². The van der Waals surface area contributed by atoms with Crippen molar-refractivity contribution in [3.8, 4) is 0 Å². The van der Waals surface area contributed by atoms with Crippen LogP contribution < -0.4 is 10.6 Å². The smallest absolute Gasteiger partial charge is 0.222 e. The van der Waals surface area contributed by atoms with Crippen molar-refractivity contribution < 1.29 is 9.50 Å². The standard InChI is InChI=1S/C11H18FN5O/c12-9-8-14-11(13)15-10(9)17-3-1-2-16(4-5-17)6-7-18/h8,18H,1-7H2,(H2,13,14,15). The van der Waals surface area contributed by atoms with Crippen molar-refractivity contribution in [1.82, 2.24) is 14.9 Å². The fourth-order valence-corrected chi connectivity index (χ4v) is 2.14. The molecule has 7 heteroatoms. The maximum absolute atomic E-state index is 13.7. The van der Waals surface area contributed by atoms with E-state index in [-0.39, 0.29) is 18.4 Å². The lowest BCUT2D eigenvalue weighted by Gasteiger charge is -2.22. The quantitative estimate of drug-likeness (QED) is 0.772. The van der Waals surface area contributed by atoms with E-state index in [0.717, 1.165) is 32.3 Å². The molecule has 0 spiro atoms. The number of nitrogens with two attached hydrogens (primary N) is 1. The maximum Gasteiger partial charge on any atom is 0.222 e. The van der Waals surface area contributed by atoms with Crippen molar-refractivity contribution in [2.24, 2.45) is 0 Å². The average Bonchev–Trinajstić information content (AvgIpc) is 2.58. The normalized spacial score (nSPS) is 17.8. The predicted molar refractivity (Wildman–Crippen MR) is 66.8 cm³/mol. The lowest BCUT2D eigenvalue weighted by Crippen LogP contribution is -2.33. The summed E-state index contributed by atoms with van der Waals surface area (Å²) in [7, 11) is 0. The van der Waals surface area contributed by atoms with Gasteiger partial charge in [0.25, 0.3) is 0 Å². The molecule has 1 fully saturated rings. The minimum atomic E-state index is -0.445. The van der Waals surface area contributed by atoms with E-state index in [1.807, 2.05) is 4.90 Å². The number of anilines is 2. The Kier molecular flexibility index (Phi) is 4.27. The minimum Gasteiger partial charge on any atom is -0.395 e. The number of hydrogen-bond donors (Lipinski definition) is 2. The van der Waals surface area contributed by atoms with Gasteiger partial charge in [0.05, 0.1) is 12.8 Å². The van der Waals surface area contributed by atoms with E-state index in [1.165, 1.54) is 0 Å². The van der Waals surface area contributed by atoms with Crippen LogP contribution in [0.4, 0.5) is 16.2 Å². The summed E-state index contributed by atoms with van der Waals surface area (Å²) in [6.45, 7) is 3.89. The SMILES string of the molecule is Nc1ncc(F)c(N2CCCN(CCO)CC2)n1. The fourth-order valence-electron chi connectivity index (χ4n) is 2.14. The molecule has 18 heavy (non-hydrogen) atoms. The Bertz CT molecular complexity index is 403. The second kappa shape index (κ2) is 5.92. The summed E-state index contributed by atoms with van der Waals surface area (Å²) >= 11 is 0. The summed E-state index contributed by atoms with van der Waals surface area (Å²) in [6.07, 6.45) is 2.01. The predicted octanol–water partition coefficient (Wildman–Crippen LogP) is -0.298.